The molecule has 1 aromatic heterocycles. The molecule has 152 valence electrons. The first-order valence-electron chi connectivity index (χ1n) is 9.41. The Balaban J connectivity index is 1.49. The van der Waals surface area contributed by atoms with E-state index < -0.39 is 12.0 Å². The fourth-order valence-electron chi connectivity index (χ4n) is 3.15. The predicted octanol–water partition coefficient (Wildman–Crippen LogP) is 3.12. The molecule has 1 unspecified atom stereocenters. The molecule has 2 aromatic rings. The Labute approximate surface area is 173 Å². The Hall–Kier alpha value is -3.87. The van der Waals surface area contributed by atoms with Gasteiger partial charge in [0.25, 0.3) is 5.91 Å². The average Bonchev–Trinajstić information content (AvgIpc) is 3.17. The van der Waals surface area contributed by atoms with Gasteiger partial charge in [-0.3, -0.25) is 9.59 Å². The first kappa shape index (κ1) is 19.4. The van der Waals surface area contributed by atoms with Crippen molar-refractivity contribution in [3.8, 4) is 5.75 Å². The summed E-state index contributed by atoms with van der Waals surface area (Å²) in [7, 11) is 1.56. The maximum atomic E-state index is 12.5. The van der Waals surface area contributed by atoms with Crippen molar-refractivity contribution in [2.45, 2.75) is 19.6 Å². The summed E-state index contributed by atoms with van der Waals surface area (Å²) in [5.74, 6) is 1.39. The molecule has 1 aromatic carbocycles. The highest BCUT2D eigenvalue weighted by Crippen LogP contribution is 2.26. The van der Waals surface area contributed by atoms with Crippen molar-refractivity contribution in [1.82, 2.24) is 5.32 Å². The van der Waals surface area contributed by atoms with Crippen molar-refractivity contribution >= 4 is 23.6 Å². The Morgan fingerprint density at radius 1 is 1.27 bits per heavy atom. The highest BCUT2D eigenvalue weighted by molar-refractivity contribution is 6.16. The third kappa shape index (κ3) is 4.10. The van der Waals surface area contributed by atoms with Gasteiger partial charge in [0.15, 0.2) is 11.9 Å². The molecule has 0 spiro atoms. The highest BCUT2D eigenvalue weighted by Gasteiger charge is 2.29. The van der Waals surface area contributed by atoms with E-state index in [1.54, 1.807) is 37.5 Å². The summed E-state index contributed by atoms with van der Waals surface area (Å²) in [4.78, 5) is 29.0. The van der Waals surface area contributed by atoms with Crippen LogP contribution in [-0.4, -0.2) is 30.7 Å². The van der Waals surface area contributed by atoms with Gasteiger partial charge in [-0.25, -0.2) is 4.99 Å². The smallest absolute Gasteiger partial charge is 0.312 e. The van der Waals surface area contributed by atoms with Gasteiger partial charge in [-0.15, -0.1) is 0 Å². The van der Waals surface area contributed by atoms with Crippen molar-refractivity contribution < 1.29 is 23.5 Å². The van der Waals surface area contributed by atoms with Gasteiger partial charge in [0.05, 0.1) is 19.4 Å². The normalized spacial score (nSPS) is 18.9. The lowest BCUT2D eigenvalue weighted by atomic mass is 10.0. The minimum atomic E-state index is -0.534. The minimum absolute atomic E-state index is 0.118. The van der Waals surface area contributed by atoms with E-state index in [1.807, 2.05) is 37.3 Å². The van der Waals surface area contributed by atoms with Crippen molar-refractivity contribution in [3.63, 3.8) is 0 Å². The number of aryl methyl sites for hydroxylation is 1. The summed E-state index contributed by atoms with van der Waals surface area (Å²) in [6.07, 6.45) is 5.99. The predicted molar refractivity (Wildman–Crippen MR) is 111 cm³/mol. The largest absolute Gasteiger partial charge is 0.496 e. The van der Waals surface area contributed by atoms with Gasteiger partial charge in [0.1, 0.15) is 17.3 Å². The lowest BCUT2D eigenvalue weighted by molar-refractivity contribution is -0.119. The number of amides is 2. The second-order valence-electron chi connectivity index (χ2n) is 6.78. The molecular formula is C23H20N2O5. The fourth-order valence-corrected chi connectivity index (χ4v) is 3.15. The maximum Gasteiger partial charge on any atom is 0.312 e. The van der Waals surface area contributed by atoms with E-state index in [1.165, 1.54) is 0 Å². The zero-order valence-corrected chi connectivity index (χ0v) is 16.5. The molecule has 2 amide bonds. The standard InChI is InChI=1S/C23H20N2O5/c1-14-7-9-17(29-14)13-24-22(26)16-8-10-20-18(11-16)25-23(27)21(30-20)12-15-5-3-4-6-19(15)28-2/h3-12,20H,13H2,1-2H3,(H,24,26)/b21-12+. The maximum absolute atomic E-state index is 12.5. The van der Waals surface area contributed by atoms with E-state index in [2.05, 4.69) is 10.3 Å². The molecule has 0 saturated heterocycles. The number of carbonyl (C=O) groups is 2. The molecule has 0 radical (unpaired) electrons. The van der Waals surface area contributed by atoms with Crippen LogP contribution in [0.1, 0.15) is 17.1 Å². The summed E-state index contributed by atoms with van der Waals surface area (Å²) in [6.45, 7) is 2.11. The quantitative estimate of drug-likeness (QED) is 0.774. The fraction of sp³-hybridized carbons (Fsp3) is 0.174. The second-order valence-corrected chi connectivity index (χ2v) is 6.78. The molecule has 7 heteroatoms. The SMILES string of the molecule is COc1ccccc1/C=C1/OC2C=CC(C(=O)NCc3ccc(C)o3)=CC2=NC1=O. The first-order valence-corrected chi connectivity index (χ1v) is 9.41. The summed E-state index contributed by atoms with van der Waals surface area (Å²) < 4.78 is 16.6. The van der Waals surface area contributed by atoms with Gasteiger partial charge >= 0.3 is 5.91 Å². The van der Waals surface area contributed by atoms with Crippen molar-refractivity contribution in [2.24, 2.45) is 4.99 Å². The van der Waals surface area contributed by atoms with E-state index in [4.69, 9.17) is 13.9 Å². The van der Waals surface area contributed by atoms with Gasteiger partial charge < -0.3 is 19.2 Å². The molecule has 1 N–H and O–H groups in total. The molecule has 4 rings (SSSR count). The molecular weight excluding hydrogens is 384 g/mol. The number of rotatable bonds is 5. The van der Waals surface area contributed by atoms with E-state index in [0.717, 1.165) is 5.76 Å². The Kier molecular flexibility index (Phi) is 5.34. The summed E-state index contributed by atoms with van der Waals surface area (Å²) in [5, 5.41) is 2.78. The monoisotopic (exact) mass is 404 g/mol. The molecule has 30 heavy (non-hydrogen) atoms. The number of benzene rings is 1. The molecule has 0 fully saturated rings. The number of nitrogens with one attached hydrogen (secondary N) is 1. The zero-order chi connectivity index (χ0) is 21.1. The number of hydrogen-bond acceptors (Lipinski definition) is 5. The molecule has 7 nitrogen and oxygen atoms in total. The number of nitrogens with zero attached hydrogens (tertiary/aromatic N) is 1. The van der Waals surface area contributed by atoms with Crippen LogP contribution in [0.2, 0.25) is 0 Å². The summed E-state index contributed by atoms with van der Waals surface area (Å²) in [6, 6.07) is 10.9. The van der Waals surface area contributed by atoms with Crippen LogP contribution in [0.4, 0.5) is 0 Å². The lowest BCUT2D eigenvalue weighted by Crippen LogP contribution is -2.33. The van der Waals surface area contributed by atoms with Gasteiger partial charge in [0, 0.05) is 11.1 Å². The molecule has 0 saturated carbocycles. The number of ether oxygens (including phenoxy) is 2. The van der Waals surface area contributed by atoms with Gasteiger partial charge in [0.2, 0.25) is 0 Å². The number of aliphatic imine (C=N–C) groups is 1. The first-order chi connectivity index (χ1) is 14.5. The topological polar surface area (TPSA) is 90.1 Å². The highest BCUT2D eigenvalue weighted by atomic mass is 16.5. The van der Waals surface area contributed by atoms with Crippen LogP contribution >= 0.6 is 0 Å². The zero-order valence-electron chi connectivity index (χ0n) is 16.5. The Morgan fingerprint density at radius 3 is 2.87 bits per heavy atom. The number of methoxy groups -OCH3 is 1. The van der Waals surface area contributed by atoms with Crippen LogP contribution in [0, 0.1) is 6.92 Å². The summed E-state index contributed by atoms with van der Waals surface area (Å²) in [5.41, 5.74) is 1.49. The van der Waals surface area contributed by atoms with E-state index >= 15 is 0 Å². The molecule has 1 atom stereocenters. The van der Waals surface area contributed by atoms with E-state index in [9.17, 15) is 9.59 Å². The van der Waals surface area contributed by atoms with Crippen LogP contribution < -0.4 is 10.1 Å². The molecule has 2 heterocycles. The number of fused-ring (bicyclic) bond motifs is 1. The molecule has 1 aliphatic carbocycles. The number of hydrogen-bond donors (Lipinski definition) is 1. The molecule has 1 aliphatic heterocycles. The lowest BCUT2D eigenvalue weighted by Gasteiger charge is -2.24. The third-order valence-electron chi connectivity index (χ3n) is 4.65. The van der Waals surface area contributed by atoms with E-state index in [-0.39, 0.29) is 18.2 Å². The second kappa shape index (κ2) is 8.24. The van der Waals surface area contributed by atoms with Crippen LogP contribution in [-0.2, 0) is 20.9 Å². The number of carbonyl (C=O) groups excluding carboxylic acids is 2. The van der Waals surface area contributed by atoms with Crippen LogP contribution in [0.5, 0.6) is 5.75 Å². The van der Waals surface area contributed by atoms with Crippen LogP contribution in [0.3, 0.4) is 0 Å². The van der Waals surface area contributed by atoms with Crippen molar-refractivity contribution in [2.75, 3.05) is 7.11 Å². The van der Waals surface area contributed by atoms with Gasteiger partial charge in [-0.2, -0.15) is 0 Å². The number of para-hydroxylation sites is 1. The van der Waals surface area contributed by atoms with Crippen LogP contribution in [0.15, 0.2) is 75.4 Å². The van der Waals surface area contributed by atoms with Gasteiger partial charge in [-0.05, 0) is 49.4 Å². The molecule has 2 aliphatic rings. The van der Waals surface area contributed by atoms with E-state index in [0.29, 0.717) is 28.4 Å². The van der Waals surface area contributed by atoms with Crippen molar-refractivity contribution in [3.05, 3.63) is 83.0 Å². The van der Waals surface area contributed by atoms with Crippen LogP contribution in [0.25, 0.3) is 6.08 Å². The Bertz CT molecular complexity index is 1120. The Morgan fingerprint density at radius 2 is 2.10 bits per heavy atom. The summed E-state index contributed by atoms with van der Waals surface area (Å²) >= 11 is 0. The third-order valence-corrected chi connectivity index (χ3v) is 4.65. The van der Waals surface area contributed by atoms with Crippen molar-refractivity contribution in [1.29, 1.82) is 0 Å². The number of furan rings is 1. The van der Waals surface area contributed by atoms with Gasteiger partial charge in [-0.1, -0.05) is 18.2 Å². The molecule has 0 bridgehead atoms. The average molecular weight is 404 g/mol. The minimum Gasteiger partial charge on any atom is -0.496 e.